The number of rotatable bonds is 9. The van der Waals surface area contributed by atoms with Crippen molar-refractivity contribution >= 4 is 11.9 Å². The number of benzene rings is 1. The Morgan fingerprint density at radius 3 is 2.70 bits per heavy atom. The van der Waals surface area contributed by atoms with E-state index in [1.54, 1.807) is 6.20 Å². The zero-order valence-corrected chi connectivity index (χ0v) is 15.4. The number of nitrogens with one attached hydrogen (secondary N) is 1. The third-order valence-corrected chi connectivity index (χ3v) is 4.92. The van der Waals surface area contributed by atoms with Crippen molar-refractivity contribution in [2.24, 2.45) is 0 Å². The molecule has 7 nitrogen and oxygen atoms in total. The molecule has 1 heterocycles. The molecule has 27 heavy (non-hydrogen) atoms. The SMILES string of the molecule is CCN(CC(=O)O)C1CC(NC(=O)CCc2ncc(-c3ccccc3)o2)C1. The summed E-state index contributed by atoms with van der Waals surface area (Å²) in [6, 6.07) is 10.1. The molecule has 2 aromatic rings. The molecule has 1 saturated carbocycles. The summed E-state index contributed by atoms with van der Waals surface area (Å²) in [5.74, 6) is 0.407. The molecule has 7 heteroatoms. The quantitative estimate of drug-likeness (QED) is 0.702. The maximum atomic E-state index is 12.1. The summed E-state index contributed by atoms with van der Waals surface area (Å²) in [7, 11) is 0. The summed E-state index contributed by atoms with van der Waals surface area (Å²) in [5.41, 5.74) is 0.961. The summed E-state index contributed by atoms with van der Waals surface area (Å²) in [4.78, 5) is 29.2. The molecule has 0 radical (unpaired) electrons. The minimum atomic E-state index is -0.815. The third-order valence-electron chi connectivity index (χ3n) is 4.92. The Bertz CT molecular complexity index is 769. The van der Waals surface area contributed by atoms with Crippen LogP contribution in [-0.2, 0) is 16.0 Å². The Kier molecular flexibility index (Phi) is 6.24. The Morgan fingerprint density at radius 2 is 2.04 bits per heavy atom. The fourth-order valence-corrected chi connectivity index (χ4v) is 3.36. The molecule has 1 aromatic carbocycles. The predicted octanol–water partition coefficient (Wildman–Crippen LogP) is 2.33. The molecule has 0 saturated heterocycles. The van der Waals surface area contributed by atoms with E-state index in [-0.39, 0.29) is 24.5 Å². The first-order valence-corrected chi connectivity index (χ1v) is 9.30. The molecule has 0 atom stereocenters. The molecular weight excluding hydrogens is 346 g/mol. The average molecular weight is 371 g/mol. The summed E-state index contributed by atoms with van der Waals surface area (Å²) >= 11 is 0. The van der Waals surface area contributed by atoms with E-state index in [1.807, 2.05) is 42.2 Å². The highest BCUT2D eigenvalue weighted by Gasteiger charge is 2.34. The second-order valence-electron chi connectivity index (χ2n) is 6.83. The van der Waals surface area contributed by atoms with Crippen LogP contribution in [0.3, 0.4) is 0 Å². The minimum Gasteiger partial charge on any atom is -0.480 e. The van der Waals surface area contributed by atoms with E-state index >= 15 is 0 Å². The summed E-state index contributed by atoms with van der Waals surface area (Å²) in [5, 5.41) is 11.9. The topological polar surface area (TPSA) is 95.7 Å². The normalized spacial score (nSPS) is 18.9. The van der Waals surface area contributed by atoms with Gasteiger partial charge in [0, 0.05) is 30.5 Å². The van der Waals surface area contributed by atoms with E-state index in [2.05, 4.69) is 10.3 Å². The number of hydrogen-bond acceptors (Lipinski definition) is 5. The monoisotopic (exact) mass is 371 g/mol. The van der Waals surface area contributed by atoms with E-state index in [4.69, 9.17) is 9.52 Å². The van der Waals surface area contributed by atoms with Crippen LogP contribution in [0.5, 0.6) is 0 Å². The van der Waals surface area contributed by atoms with Gasteiger partial charge < -0.3 is 14.8 Å². The van der Waals surface area contributed by atoms with Crippen LogP contribution in [0.25, 0.3) is 11.3 Å². The summed E-state index contributed by atoms with van der Waals surface area (Å²) in [6.45, 7) is 2.70. The van der Waals surface area contributed by atoms with Crippen molar-refractivity contribution in [2.75, 3.05) is 13.1 Å². The van der Waals surface area contributed by atoms with Crippen LogP contribution in [0.15, 0.2) is 40.9 Å². The van der Waals surface area contributed by atoms with Gasteiger partial charge in [-0.1, -0.05) is 37.3 Å². The Hall–Kier alpha value is -2.67. The zero-order valence-electron chi connectivity index (χ0n) is 15.4. The Labute approximate surface area is 158 Å². The molecule has 144 valence electrons. The van der Waals surface area contributed by atoms with Crippen molar-refractivity contribution in [3.63, 3.8) is 0 Å². The van der Waals surface area contributed by atoms with E-state index in [9.17, 15) is 9.59 Å². The van der Waals surface area contributed by atoms with Crippen molar-refractivity contribution in [1.82, 2.24) is 15.2 Å². The fraction of sp³-hybridized carbons (Fsp3) is 0.450. The molecule has 1 amide bonds. The van der Waals surface area contributed by atoms with Crippen LogP contribution in [0.4, 0.5) is 0 Å². The van der Waals surface area contributed by atoms with Gasteiger partial charge in [0.15, 0.2) is 11.7 Å². The van der Waals surface area contributed by atoms with Gasteiger partial charge in [-0.3, -0.25) is 14.5 Å². The average Bonchev–Trinajstić information content (AvgIpc) is 3.10. The number of carboxylic acids is 1. The number of oxazole rings is 1. The largest absolute Gasteiger partial charge is 0.480 e. The lowest BCUT2D eigenvalue weighted by Gasteiger charge is -2.42. The number of carboxylic acid groups (broad SMARTS) is 1. The standard InChI is InChI=1S/C20H25N3O4/c1-2-23(13-20(25)26)16-10-15(11-16)22-18(24)8-9-19-21-12-17(27-19)14-6-4-3-5-7-14/h3-7,12,15-16H,2,8-11,13H2,1H3,(H,22,24)(H,25,26). The van der Waals surface area contributed by atoms with Gasteiger partial charge in [0.25, 0.3) is 0 Å². The number of aromatic nitrogens is 1. The molecule has 0 bridgehead atoms. The number of amides is 1. The third kappa shape index (κ3) is 5.17. The van der Waals surface area contributed by atoms with Gasteiger partial charge in [-0.25, -0.2) is 4.98 Å². The summed E-state index contributed by atoms with van der Waals surface area (Å²) in [6.07, 6.45) is 4.05. The Balaban J connectivity index is 1.40. The van der Waals surface area contributed by atoms with Crippen molar-refractivity contribution in [2.45, 2.75) is 44.7 Å². The highest BCUT2D eigenvalue weighted by atomic mass is 16.4. The Morgan fingerprint density at radius 1 is 1.30 bits per heavy atom. The lowest BCUT2D eigenvalue weighted by atomic mass is 9.85. The van der Waals surface area contributed by atoms with E-state index in [0.29, 0.717) is 31.0 Å². The van der Waals surface area contributed by atoms with Crippen LogP contribution in [0.1, 0.15) is 32.1 Å². The van der Waals surface area contributed by atoms with E-state index < -0.39 is 5.97 Å². The molecular formula is C20H25N3O4. The number of nitrogens with zero attached hydrogens (tertiary/aromatic N) is 2. The van der Waals surface area contributed by atoms with Gasteiger partial charge in [-0.2, -0.15) is 0 Å². The van der Waals surface area contributed by atoms with Crippen LogP contribution in [0.2, 0.25) is 0 Å². The predicted molar refractivity (Wildman–Crippen MR) is 100 cm³/mol. The number of likely N-dealkylation sites (N-methyl/N-ethyl adjacent to an activating group) is 1. The van der Waals surface area contributed by atoms with Crippen molar-refractivity contribution in [3.8, 4) is 11.3 Å². The molecule has 1 aliphatic rings. The highest BCUT2D eigenvalue weighted by Crippen LogP contribution is 2.26. The van der Waals surface area contributed by atoms with Crippen LogP contribution in [0, 0.1) is 0 Å². The van der Waals surface area contributed by atoms with E-state index in [1.165, 1.54) is 0 Å². The summed E-state index contributed by atoms with van der Waals surface area (Å²) < 4.78 is 5.71. The molecule has 2 N–H and O–H groups in total. The van der Waals surface area contributed by atoms with Crippen LogP contribution in [-0.4, -0.2) is 52.0 Å². The lowest BCUT2D eigenvalue weighted by Crippen LogP contribution is -2.54. The molecule has 1 fully saturated rings. The second-order valence-corrected chi connectivity index (χ2v) is 6.83. The minimum absolute atomic E-state index is 0.0285. The maximum Gasteiger partial charge on any atom is 0.317 e. The van der Waals surface area contributed by atoms with Crippen LogP contribution >= 0.6 is 0 Å². The van der Waals surface area contributed by atoms with Gasteiger partial charge in [-0.15, -0.1) is 0 Å². The molecule has 0 unspecified atom stereocenters. The number of aryl methyl sites for hydroxylation is 1. The van der Waals surface area contributed by atoms with Gasteiger partial charge in [-0.05, 0) is 19.4 Å². The zero-order chi connectivity index (χ0) is 19.2. The van der Waals surface area contributed by atoms with Gasteiger partial charge in [0.1, 0.15) is 0 Å². The van der Waals surface area contributed by atoms with Gasteiger partial charge in [0.05, 0.1) is 12.7 Å². The first-order chi connectivity index (χ1) is 13.0. The second kappa shape index (κ2) is 8.81. The van der Waals surface area contributed by atoms with Crippen molar-refractivity contribution in [1.29, 1.82) is 0 Å². The number of carbonyl (C=O) groups excluding carboxylic acids is 1. The van der Waals surface area contributed by atoms with Gasteiger partial charge in [0.2, 0.25) is 5.91 Å². The number of carbonyl (C=O) groups is 2. The molecule has 1 aliphatic carbocycles. The maximum absolute atomic E-state index is 12.1. The first-order valence-electron chi connectivity index (χ1n) is 9.30. The highest BCUT2D eigenvalue weighted by molar-refractivity contribution is 5.76. The van der Waals surface area contributed by atoms with Gasteiger partial charge >= 0.3 is 5.97 Å². The molecule has 0 spiro atoms. The van der Waals surface area contributed by atoms with E-state index in [0.717, 1.165) is 18.4 Å². The first kappa shape index (κ1) is 19.1. The fourth-order valence-electron chi connectivity index (χ4n) is 3.36. The van der Waals surface area contributed by atoms with Crippen LogP contribution < -0.4 is 5.32 Å². The smallest absolute Gasteiger partial charge is 0.317 e. The number of aliphatic carboxylic acids is 1. The molecule has 0 aliphatic heterocycles. The van der Waals surface area contributed by atoms with Crippen molar-refractivity contribution < 1.29 is 19.1 Å². The number of hydrogen-bond donors (Lipinski definition) is 2. The lowest BCUT2D eigenvalue weighted by molar-refractivity contribution is -0.139. The van der Waals surface area contributed by atoms with Crippen molar-refractivity contribution in [3.05, 3.63) is 42.4 Å². The molecule has 3 rings (SSSR count). The molecule has 1 aromatic heterocycles.